The van der Waals surface area contributed by atoms with Crippen LogP contribution in [0.15, 0.2) is 12.7 Å². The molecule has 12 heavy (non-hydrogen) atoms. The largest absolute Gasteiger partial charge is 0.330 e. The molecule has 0 aliphatic heterocycles. The molecule has 0 heterocycles. The van der Waals surface area contributed by atoms with Crippen molar-refractivity contribution in [2.45, 2.75) is 40.0 Å². The van der Waals surface area contributed by atoms with Crippen LogP contribution in [0.25, 0.3) is 0 Å². The summed E-state index contributed by atoms with van der Waals surface area (Å²) in [4.78, 5) is 0. The molecule has 1 nitrogen and oxygen atoms in total. The van der Waals surface area contributed by atoms with E-state index in [0.717, 1.165) is 5.92 Å². The normalized spacial score (nSPS) is 18.3. The van der Waals surface area contributed by atoms with Gasteiger partial charge < -0.3 is 5.73 Å². The van der Waals surface area contributed by atoms with Gasteiger partial charge in [0.1, 0.15) is 0 Å². The summed E-state index contributed by atoms with van der Waals surface area (Å²) in [5.74, 6) is 0.765. The molecule has 2 N–H and O–H groups in total. The summed E-state index contributed by atoms with van der Waals surface area (Å²) in [6, 6.07) is 0. The summed E-state index contributed by atoms with van der Waals surface area (Å²) >= 11 is 0. The Morgan fingerprint density at radius 2 is 2.17 bits per heavy atom. The van der Waals surface area contributed by atoms with Crippen LogP contribution in [-0.2, 0) is 0 Å². The third-order valence-corrected chi connectivity index (χ3v) is 2.56. The van der Waals surface area contributed by atoms with Gasteiger partial charge in [-0.1, -0.05) is 39.7 Å². The number of hydrogen-bond acceptors (Lipinski definition) is 1. The van der Waals surface area contributed by atoms with E-state index in [9.17, 15) is 0 Å². The quantitative estimate of drug-likeness (QED) is 0.608. The SMILES string of the molecule is C=CC(C)(CN)CC(C)CCC. The Kier molecular flexibility index (Phi) is 5.23. The molecule has 0 saturated heterocycles. The van der Waals surface area contributed by atoms with Gasteiger partial charge in [-0.3, -0.25) is 0 Å². The predicted octanol–water partition coefficient (Wildman–Crippen LogP) is 2.96. The van der Waals surface area contributed by atoms with Gasteiger partial charge in [0.2, 0.25) is 0 Å². The fraction of sp³-hybridized carbons (Fsp3) is 0.818. The van der Waals surface area contributed by atoms with Crippen molar-refractivity contribution in [1.29, 1.82) is 0 Å². The van der Waals surface area contributed by atoms with E-state index in [-0.39, 0.29) is 5.41 Å². The zero-order valence-electron chi connectivity index (χ0n) is 8.77. The number of rotatable bonds is 6. The second-order valence-corrected chi connectivity index (χ2v) is 4.16. The summed E-state index contributed by atoms with van der Waals surface area (Å²) in [6.07, 6.45) is 5.72. The molecule has 0 aromatic heterocycles. The van der Waals surface area contributed by atoms with Crippen molar-refractivity contribution in [3.05, 3.63) is 12.7 Å². The van der Waals surface area contributed by atoms with E-state index in [1.807, 2.05) is 6.08 Å². The summed E-state index contributed by atoms with van der Waals surface area (Å²) in [5, 5.41) is 0. The minimum Gasteiger partial charge on any atom is -0.330 e. The summed E-state index contributed by atoms with van der Waals surface area (Å²) < 4.78 is 0. The zero-order chi connectivity index (χ0) is 9.61. The third-order valence-electron chi connectivity index (χ3n) is 2.56. The van der Waals surface area contributed by atoms with Crippen molar-refractivity contribution in [2.75, 3.05) is 6.54 Å². The van der Waals surface area contributed by atoms with Crippen molar-refractivity contribution in [2.24, 2.45) is 17.1 Å². The lowest BCUT2D eigenvalue weighted by Gasteiger charge is -2.27. The van der Waals surface area contributed by atoms with Gasteiger partial charge in [0.15, 0.2) is 0 Å². The van der Waals surface area contributed by atoms with E-state index in [1.54, 1.807) is 0 Å². The Morgan fingerprint density at radius 1 is 1.58 bits per heavy atom. The smallest absolute Gasteiger partial charge is 0.00115 e. The van der Waals surface area contributed by atoms with Crippen LogP contribution < -0.4 is 5.73 Å². The lowest BCUT2D eigenvalue weighted by Crippen LogP contribution is -2.26. The first-order valence-corrected chi connectivity index (χ1v) is 4.91. The molecule has 0 amide bonds. The maximum absolute atomic E-state index is 5.69. The molecule has 0 saturated carbocycles. The van der Waals surface area contributed by atoms with Crippen molar-refractivity contribution >= 4 is 0 Å². The predicted molar refractivity (Wildman–Crippen MR) is 56.0 cm³/mol. The minimum atomic E-state index is 0.147. The maximum Gasteiger partial charge on any atom is 0.00115 e. The highest BCUT2D eigenvalue weighted by molar-refractivity contribution is 4.92. The summed E-state index contributed by atoms with van der Waals surface area (Å²) in [6.45, 7) is 11.3. The average molecular weight is 169 g/mol. The molecule has 0 bridgehead atoms. The van der Waals surface area contributed by atoms with Gasteiger partial charge in [-0.05, 0) is 17.8 Å². The molecule has 0 aliphatic rings. The van der Waals surface area contributed by atoms with Crippen LogP contribution in [0.2, 0.25) is 0 Å². The molecule has 0 aromatic rings. The molecular formula is C11H23N. The first kappa shape index (κ1) is 11.7. The van der Waals surface area contributed by atoms with Crippen molar-refractivity contribution in [1.82, 2.24) is 0 Å². The third kappa shape index (κ3) is 3.91. The number of hydrogen-bond donors (Lipinski definition) is 1. The first-order chi connectivity index (χ1) is 5.58. The van der Waals surface area contributed by atoms with Gasteiger partial charge in [0.25, 0.3) is 0 Å². The van der Waals surface area contributed by atoms with E-state index in [1.165, 1.54) is 19.3 Å². The Balaban J connectivity index is 3.92. The zero-order valence-corrected chi connectivity index (χ0v) is 8.77. The molecule has 0 spiro atoms. The van der Waals surface area contributed by atoms with Gasteiger partial charge in [-0.15, -0.1) is 6.58 Å². The Labute approximate surface area is 77.0 Å². The fourth-order valence-corrected chi connectivity index (χ4v) is 1.64. The van der Waals surface area contributed by atoms with Crippen LogP contribution >= 0.6 is 0 Å². The van der Waals surface area contributed by atoms with Crippen molar-refractivity contribution in [3.8, 4) is 0 Å². The molecule has 0 radical (unpaired) electrons. The van der Waals surface area contributed by atoms with Crippen LogP contribution in [0.4, 0.5) is 0 Å². The van der Waals surface area contributed by atoms with Crippen molar-refractivity contribution < 1.29 is 0 Å². The highest BCUT2D eigenvalue weighted by atomic mass is 14.6. The molecule has 2 unspecified atom stereocenters. The number of nitrogens with two attached hydrogens (primary N) is 1. The van der Waals surface area contributed by atoms with E-state index in [4.69, 9.17) is 5.73 Å². The highest BCUT2D eigenvalue weighted by Crippen LogP contribution is 2.27. The monoisotopic (exact) mass is 169 g/mol. The first-order valence-electron chi connectivity index (χ1n) is 4.91. The van der Waals surface area contributed by atoms with E-state index in [0.29, 0.717) is 6.54 Å². The molecule has 0 aromatic carbocycles. The lowest BCUT2D eigenvalue weighted by molar-refractivity contribution is 0.316. The molecule has 0 fully saturated rings. The highest BCUT2D eigenvalue weighted by Gasteiger charge is 2.20. The minimum absolute atomic E-state index is 0.147. The fourth-order valence-electron chi connectivity index (χ4n) is 1.64. The molecule has 0 aliphatic carbocycles. The van der Waals surface area contributed by atoms with Crippen molar-refractivity contribution in [3.63, 3.8) is 0 Å². The standard InChI is InChI=1S/C11H23N/c1-5-7-10(3)8-11(4,6-2)9-12/h6,10H,2,5,7-9,12H2,1,3-4H3. The van der Waals surface area contributed by atoms with Crippen LogP contribution in [0.1, 0.15) is 40.0 Å². The molecule has 1 heteroatoms. The van der Waals surface area contributed by atoms with Crippen LogP contribution in [0, 0.1) is 11.3 Å². The van der Waals surface area contributed by atoms with Crippen LogP contribution in [-0.4, -0.2) is 6.54 Å². The average Bonchev–Trinajstić information content (AvgIpc) is 2.05. The Hall–Kier alpha value is -0.300. The topological polar surface area (TPSA) is 26.0 Å². The Bertz CT molecular complexity index is 131. The second-order valence-electron chi connectivity index (χ2n) is 4.16. The van der Waals surface area contributed by atoms with Crippen LogP contribution in [0.3, 0.4) is 0 Å². The molecule has 72 valence electrons. The lowest BCUT2D eigenvalue weighted by atomic mass is 9.80. The molecule has 0 rings (SSSR count). The summed E-state index contributed by atoms with van der Waals surface area (Å²) in [5.41, 5.74) is 5.84. The van der Waals surface area contributed by atoms with E-state index < -0.39 is 0 Å². The Morgan fingerprint density at radius 3 is 2.50 bits per heavy atom. The molecular weight excluding hydrogens is 146 g/mol. The van der Waals surface area contributed by atoms with Gasteiger partial charge in [-0.25, -0.2) is 0 Å². The summed E-state index contributed by atoms with van der Waals surface area (Å²) in [7, 11) is 0. The second kappa shape index (κ2) is 5.36. The maximum atomic E-state index is 5.69. The van der Waals surface area contributed by atoms with Gasteiger partial charge in [0.05, 0.1) is 0 Å². The van der Waals surface area contributed by atoms with Gasteiger partial charge >= 0.3 is 0 Å². The van der Waals surface area contributed by atoms with E-state index in [2.05, 4.69) is 27.4 Å². The van der Waals surface area contributed by atoms with Crippen LogP contribution in [0.5, 0.6) is 0 Å². The molecule has 2 atom stereocenters. The van der Waals surface area contributed by atoms with Gasteiger partial charge in [0, 0.05) is 6.54 Å². The van der Waals surface area contributed by atoms with Gasteiger partial charge in [-0.2, -0.15) is 0 Å². The van der Waals surface area contributed by atoms with E-state index >= 15 is 0 Å².